The van der Waals surface area contributed by atoms with Crippen LogP contribution in [0.4, 0.5) is 0 Å². The first-order valence-corrected chi connectivity index (χ1v) is 5.92. The highest BCUT2D eigenvalue weighted by Crippen LogP contribution is 2.23. The van der Waals surface area contributed by atoms with E-state index in [9.17, 15) is 0 Å². The predicted molar refractivity (Wildman–Crippen MR) is 60.4 cm³/mol. The van der Waals surface area contributed by atoms with E-state index in [0.29, 0.717) is 0 Å². The summed E-state index contributed by atoms with van der Waals surface area (Å²) in [7, 11) is 1.93. The average molecular weight is 224 g/mol. The molecule has 1 aromatic rings. The fourth-order valence-electron chi connectivity index (χ4n) is 1.14. The summed E-state index contributed by atoms with van der Waals surface area (Å²) < 4.78 is 1.90. The van der Waals surface area contributed by atoms with Crippen LogP contribution in [0.2, 0.25) is 0 Å². The van der Waals surface area contributed by atoms with Crippen LogP contribution in [-0.4, -0.2) is 20.5 Å². The van der Waals surface area contributed by atoms with Crippen molar-refractivity contribution >= 4 is 11.8 Å². The summed E-state index contributed by atoms with van der Waals surface area (Å²) in [4.78, 5) is 0. The number of thioether (sulfide) groups is 1. The highest BCUT2D eigenvalue weighted by atomic mass is 32.2. The first-order valence-electron chi connectivity index (χ1n) is 4.93. The minimum Gasteiger partial charge on any atom is -0.312 e. The van der Waals surface area contributed by atoms with Crippen molar-refractivity contribution in [1.82, 2.24) is 14.8 Å². The van der Waals surface area contributed by atoms with E-state index in [1.807, 2.05) is 25.5 Å². The first-order chi connectivity index (χ1) is 7.05. The smallest absolute Gasteiger partial charge is 0.190 e. The second-order valence-electron chi connectivity index (χ2n) is 4.17. The Labute approximate surface area is 94.7 Å². The van der Waals surface area contributed by atoms with E-state index in [2.05, 4.69) is 16.3 Å². The lowest BCUT2D eigenvalue weighted by Gasteiger charge is -2.13. The van der Waals surface area contributed by atoms with Crippen molar-refractivity contribution in [3.05, 3.63) is 6.33 Å². The molecule has 0 aromatic carbocycles. The molecule has 0 amide bonds. The normalized spacial score (nSPS) is 11.3. The molecule has 4 nitrogen and oxygen atoms in total. The summed E-state index contributed by atoms with van der Waals surface area (Å²) in [5.41, 5.74) is -0.208. The van der Waals surface area contributed by atoms with Crippen molar-refractivity contribution in [3.63, 3.8) is 0 Å². The Morgan fingerprint density at radius 3 is 2.87 bits per heavy atom. The minimum absolute atomic E-state index is 0.208. The third-order valence-electron chi connectivity index (χ3n) is 2.15. The predicted octanol–water partition coefficient (Wildman–Crippen LogP) is 2.24. The van der Waals surface area contributed by atoms with E-state index < -0.39 is 0 Å². The lowest BCUT2D eigenvalue weighted by molar-refractivity contribution is 0.447. The summed E-state index contributed by atoms with van der Waals surface area (Å²) in [6.07, 6.45) is 3.65. The zero-order chi connectivity index (χ0) is 11.3. The highest BCUT2D eigenvalue weighted by Gasteiger charge is 2.15. The van der Waals surface area contributed by atoms with E-state index in [0.717, 1.165) is 23.8 Å². The minimum atomic E-state index is -0.208. The Morgan fingerprint density at radius 2 is 2.33 bits per heavy atom. The fraction of sp³-hybridized carbons (Fsp3) is 0.700. The number of hydrogen-bond donors (Lipinski definition) is 0. The van der Waals surface area contributed by atoms with Gasteiger partial charge in [-0.05, 0) is 26.7 Å². The van der Waals surface area contributed by atoms with Crippen molar-refractivity contribution in [1.29, 1.82) is 5.26 Å². The maximum Gasteiger partial charge on any atom is 0.190 e. The fourth-order valence-corrected chi connectivity index (χ4v) is 1.96. The maximum atomic E-state index is 8.84. The van der Waals surface area contributed by atoms with Crippen molar-refractivity contribution in [2.24, 2.45) is 12.5 Å². The molecular weight excluding hydrogens is 208 g/mol. The Morgan fingerprint density at radius 1 is 1.60 bits per heavy atom. The van der Waals surface area contributed by atoms with Gasteiger partial charge in [0.05, 0.1) is 11.5 Å². The lowest BCUT2D eigenvalue weighted by Crippen LogP contribution is -2.07. The third kappa shape index (κ3) is 3.92. The van der Waals surface area contributed by atoms with Gasteiger partial charge in [0.25, 0.3) is 0 Å². The van der Waals surface area contributed by atoms with Gasteiger partial charge in [-0.3, -0.25) is 0 Å². The molecule has 0 spiro atoms. The van der Waals surface area contributed by atoms with Crippen LogP contribution >= 0.6 is 11.8 Å². The van der Waals surface area contributed by atoms with Crippen LogP contribution in [0, 0.1) is 16.7 Å². The molecule has 0 atom stereocenters. The average Bonchev–Trinajstić information content (AvgIpc) is 2.59. The molecule has 15 heavy (non-hydrogen) atoms. The Hall–Kier alpha value is -1.02. The van der Waals surface area contributed by atoms with Gasteiger partial charge in [-0.1, -0.05) is 11.8 Å². The molecule has 0 saturated carbocycles. The monoisotopic (exact) mass is 224 g/mol. The molecule has 1 rings (SSSR count). The van der Waals surface area contributed by atoms with Gasteiger partial charge in [0.1, 0.15) is 6.33 Å². The number of aryl methyl sites for hydroxylation is 1. The Balaban J connectivity index is 2.24. The van der Waals surface area contributed by atoms with Crippen LogP contribution in [0.25, 0.3) is 0 Å². The summed E-state index contributed by atoms with van der Waals surface area (Å²) in [6.45, 7) is 3.94. The van der Waals surface area contributed by atoms with E-state index in [1.54, 1.807) is 18.1 Å². The van der Waals surface area contributed by atoms with Crippen molar-refractivity contribution in [2.75, 3.05) is 5.75 Å². The SMILES string of the molecule is Cn1cnnc1SCCCC(C)(C)C#N. The molecule has 0 aliphatic rings. The molecule has 0 saturated heterocycles. The molecule has 0 aliphatic carbocycles. The molecule has 0 aliphatic heterocycles. The van der Waals surface area contributed by atoms with Gasteiger partial charge in [0, 0.05) is 12.8 Å². The van der Waals surface area contributed by atoms with Crippen LogP contribution in [0.15, 0.2) is 11.5 Å². The molecule has 0 radical (unpaired) electrons. The largest absolute Gasteiger partial charge is 0.312 e. The number of nitrogens with zero attached hydrogens (tertiary/aromatic N) is 4. The second-order valence-corrected chi connectivity index (χ2v) is 5.23. The molecular formula is C10H16N4S. The molecule has 0 bridgehead atoms. The number of nitriles is 1. The summed E-state index contributed by atoms with van der Waals surface area (Å²) in [6, 6.07) is 2.30. The van der Waals surface area contributed by atoms with Crippen LogP contribution in [0.5, 0.6) is 0 Å². The lowest BCUT2D eigenvalue weighted by atomic mass is 9.90. The van der Waals surface area contributed by atoms with Crippen LogP contribution in [0.1, 0.15) is 26.7 Å². The number of aromatic nitrogens is 3. The summed E-state index contributed by atoms with van der Waals surface area (Å²) in [5.74, 6) is 0.984. The molecule has 82 valence electrons. The van der Waals surface area contributed by atoms with Gasteiger partial charge in [0.15, 0.2) is 5.16 Å². The topological polar surface area (TPSA) is 54.5 Å². The van der Waals surface area contributed by atoms with Crippen LogP contribution < -0.4 is 0 Å². The van der Waals surface area contributed by atoms with Gasteiger partial charge in [-0.25, -0.2) is 0 Å². The standard InChI is InChI=1S/C10H16N4S/c1-10(2,7-11)5-4-6-15-9-13-12-8-14(9)3/h8H,4-6H2,1-3H3. The van der Waals surface area contributed by atoms with Crippen molar-refractivity contribution < 1.29 is 0 Å². The Bertz CT molecular complexity index is 351. The molecule has 0 fully saturated rings. The van der Waals surface area contributed by atoms with Crippen LogP contribution in [-0.2, 0) is 7.05 Å². The quantitative estimate of drug-likeness (QED) is 0.568. The van der Waals surface area contributed by atoms with Gasteiger partial charge in [0.2, 0.25) is 0 Å². The van der Waals surface area contributed by atoms with Crippen molar-refractivity contribution in [2.45, 2.75) is 31.8 Å². The first kappa shape index (κ1) is 12.1. The second kappa shape index (κ2) is 5.17. The zero-order valence-electron chi connectivity index (χ0n) is 9.40. The highest BCUT2D eigenvalue weighted by molar-refractivity contribution is 7.99. The van der Waals surface area contributed by atoms with Crippen molar-refractivity contribution in [3.8, 4) is 6.07 Å². The van der Waals surface area contributed by atoms with E-state index >= 15 is 0 Å². The van der Waals surface area contributed by atoms with Crippen LogP contribution in [0.3, 0.4) is 0 Å². The number of hydrogen-bond acceptors (Lipinski definition) is 4. The molecule has 0 N–H and O–H groups in total. The maximum absolute atomic E-state index is 8.84. The van der Waals surface area contributed by atoms with E-state index in [4.69, 9.17) is 5.26 Å². The molecule has 5 heteroatoms. The van der Waals surface area contributed by atoms with E-state index in [-0.39, 0.29) is 5.41 Å². The molecule has 1 heterocycles. The summed E-state index contributed by atoms with van der Waals surface area (Å²) >= 11 is 1.68. The van der Waals surface area contributed by atoms with Gasteiger partial charge in [-0.2, -0.15) is 5.26 Å². The molecule has 0 unspecified atom stereocenters. The molecule has 1 aromatic heterocycles. The van der Waals surface area contributed by atoms with E-state index in [1.165, 1.54) is 0 Å². The zero-order valence-corrected chi connectivity index (χ0v) is 10.2. The van der Waals surface area contributed by atoms with Gasteiger partial charge >= 0.3 is 0 Å². The van der Waals surface area contributed by atoms with Gasteiger partial charge in [-0.15, -0.1) is 10.2 Å². The summed E-state index contributed by atoms with van der Waals surface area (Å²) in [5, 5.41) is 17.6. The number of rotatable bonds is 5. The third-order valence-corrected chi connectivity index (χ3v) is 3.27. The Kier molecular flexibility index (Phi) is 4.15. The van der Waals surface area contributed by atoms with Gasteiger partial charge < -0.3 is 4.57 Å².